The van der Waals surface area contributed by atoms with E-state index in [0.717, 1.165) is 11.4 Å². The van der Waals surface area contributed by atoms with E-state index in [9.17, 15) is 0 Å². The predicted octanol–water partition coefficient (Wildman–Crippen LogP) is 4.17. The third kappa shape index (κ3) is 3.59. The fraction of sp³-hybridized carbons (Fsp3) is 0.267. The maximum absolute atomic E-state index is 4.08. The van der Waals surface area contributed by atoms with Gasteiger partial charge in [0.15, 0.2) is 0 Å². The van der Waals surface area contributed by atoms with Gasteiger partial charge < -0.3 is 5.32 Å². The van der Waals surface area contributed by atoms with E-state index >= 15 is 0 Å². The van der Waals surface area contributed by atoms with Crippen LogP contribution in [0, 0.1) is 0 Å². The molecule has 1 aromatic carbocycles. The highest BCUT2D eigenvalue weighted by molar-refractivity contribution is 5.58. The SMILES string of the molecule is CCCCc1ccc(Nc2cccnc2)cc1. The molecule has 2 aromatic rings. The lowest BCUT2D eigenvalue weighted by Gasteiger charge is -2.06. The van der Waals surface area contributed by atoms with Crippen molar-refractivity contribution in [2.24, 2.45) is 0 Å². The number of nitrogens with zero attached hydrogens (tertiary/aromatic N) is 1. The minimum atomic E-state index is 1.02. The molecular formula is C15H18N2. The number of benzene rings is 1. The lowest BCUT2D eigenvalue weighted by molar-refractivity contribution is 0.795. The van der Waals surface area contributed by atoms with Crippen molar-refractivity contribution in [3.8, 4) is 0 Å². The molecule has 0 unspecified atom stereocenters. The topological polar surface area (TPSA) is 24.9 Å². The van der Waals surface area contributed by atoms with Gasteiger partial charge in [0.25, 0.3) is 0 Å². The Hall–Kier alpha value is -1.83. The summed E-state index contributed by atoms with van der Waals surface area (Å²) in [5, 5.41) is 3.32. The first kappa shape index (κ1) is 11.6. The van der Waals surface area contributed by atoms with Gasteiger partial charge in [-0.05, 0) is 42.7 Å². The summed E-state index contributed by atoms with van der Waals surface area (Å²) in [4.78, 5) is 4.08. The number of aryl methyl sites for hydroxylation is 1. The first-order valence-electron chi connectivity index (χ1n) is 6.14. The Morgan fingerprint density at radius 1 is 1.06 bits per heavy atom. The van der Waals surface area contributed by atoms with Crippen molar-refractivity contribution in [3.63, 3.8) is 0 Å². The lowest BCUT2D eigenvalue weighted by atomic mass is 10.1. The van der Waals surface area contributed by atoms with Gasteiger partial charge in [-0.25, -0.2) is 0 Å². The second-order valence-corrected chi connectivity index (χ2v) is 4.17. The van der Waals surface area contributed by atoms with Crippen molar-refractivity contribution in [1.82, 2.24) is 4.98 Å². The number of anilines is 2. The Kier molecular flexibility index (Phi) is 4.14. The Balaban J connectivity index is 1.98. The average Bonchev–Trinajstić information content (AvgIpc) is 2.39. The van der Waals surface area contributed by atoms with E-state index in [-0.39, 0.29) is 0 Å². The van der Waals surface area contributed by atoms with E-state index in [1.165, 1.54) is 24.8 Å². The molecule has 1 heterocycles. The molecule has 0 fully saturated rings. The molecule has 0 amide bonds. The van der Waals surface area contributed by atoms with Gasteiger partial charge in [-0.3, -0.25) is 4.98 Å². The van der Waals surface area contributed by atoms with Crippen molar-refractivity contribution in [2.75, 3.05) is 5.32 Å². The van der Waals surface area contributed by atoms with Crippen LogP contribution in [0.2, 0.25) is 0 Å². The van der Waals surface area contributed by atoms with Gasteiger partial charge in [0.1, 0.15) is 0 Å². The summed E-state index contributed by atoms with van der Waals surface area (Å²) in [7, 11) is 0. The molecule has 0 saturated carbocycles. The second-order valence-electron chi connectivity index (χ2n) is 4.17. The first-order chi connectivity index (χ1) is 8.38. The van der Waals surface area contributed by atoms with Crippen LogP contribution in [0.1, 0.15) is 25.3 Å². The van der Waals surface area contributed by atoms with Crippen LogP contribution in [-0.2, 0) is 6.42 Å². The maximum Gasteiger partial charge on any atom is 0.0570 e. The summed E-state index contributed by atoms with van der Waals surface area (Å²) < 4.78 is 0. The largest absolute Gasteiger partial charge is 0.354 e. The molecule has 2 nitrogen and oxygen atoms in total. The van der Waals surface area contributed by atoms with Crippen molar-refractivity contribution < 1.29 is 0 Å². The van der Waals surface area contributed by atoms with Crippen LogP contribution in [0.25, 0.3) is 0 Å². The molecular weight excluding hydrogens is 208 g/mol. The van der Waals surface area contributed by atoms with E-state index in [0.29, 0.717) is 0 Å². The fourth-order valence-corrected chi connectivity index (χ4v) is 1.74. The van der Waals surface area contributed by atoms with E-state index in [1.807, 2.05) is 18.3 Å². The highest BCUT2D eigenvalue weighted by Gasteiger charge is 1.95. The molecule has 17 heavy (non-hydrogen) atoms. The Morgan fingerprint density at radius 2 is 1.88 bits per heavy atom. The van der Waals surface area contributed by atoms with Crippen LogP contribution >= 0.6 is 0 Å². The normalized spacial score (nSPS) is 10.2. The molecule has 0 spiro atoms. The number of hydrogen-bond acceptors (Lipinski definition) is 2. The zero-order valence-electron chi connectivity index (χ0n) is 10.2. The molecule has 1 aromatic heterocycles. The Morgan fingerprint density at radius 3 is 2.53 bits per heavy atom. The molecule has 88 valence electrons. The monoisotopic (exact) mass is 226 g/mol. The molecule has 2 rings (SSSR count). The zero-order valence-corrected chi connectivity index (χ0v) is 10.2. The number of aromatic nitrogens is 1. The predicted molar refractivity (Wildman–Crippen MR) is 72.6 cm³/mol. The van der Waals surface area contributed by atoms with Crippen LogP contribution in [0.5, 0.6) is 0 Å². The number of pyridine rings is 1. The van der Waals surface area contributed by atoms with E-state index in [2.05, 4.69) is 41.5 Å². The summed E-state index contributed by atoms with van der Waals surface area (Å²) in [6.07, 6.45) is 7.28. The van der Waals surface area contributed by atoms with E-state index in [1.54, 1.807) is 6.20 Å². The summed E-state index contributed by atoms with van der Waals surface area (Å²) in [6, 6.07) is 12.6. The number of hydrogen-bond donors (Lipinski definition) is 1. The summed E-state index contributed by atoms with van der Waals surface area (Å²) in [5.74, 6) is 0. The molecule has 0 aliphatic carbocycles. The molecule has 0 saturated heterocycles. The summed E-state index contributed by atoms with van der Waals surface area (Å²) in [6.45, 7) is 2.22. The van der Waals surface area contributed by atoms with Gasteiger partial charge in [-0.15, -0.1) is 0 Å². The third-order valence-corrected chi connectivity index (χ3v) is 2.72. The van der Waals surface area contributed by atoms with Crippen molar-refractivity contribution in [1.29, 1.82) is 0 Å². The van der Waals surface area contributed by atoms with Gasteiger partial charge >= 0.3 is 0 Å². The second kappa shape index (κ2) is 6.04. The van der Waals surface area contributed by atoms with E-state index in [4.69, 9.17) is 0 Å². The van der Waals surface area contributed by atoms with Gasteiger partial charge in [-0.2, -0.15) is 0 Å². The van der Waals surface area contributed by atoms with Crippen molar-refractivity contribution in [2.45, 2.75) is 26.2 Å². The lowest BCUT2D eigenvalue weighted by Crippen LogP contribution is -1.91. The summed E-state index contributed by atoms with van der Waals surface area (Å²) >= 11 is 0. The Bertz CT molecular complexity index is 434. The van der Waals surface area contributed by atoms with Gasteiger partial charge in [-0.1, -0.05) is 25.5 Å². The van der Waals surface area contributed by atoms with Crippen LogP contribution in [0.15, 0.2) is 48.8 Å². The molecule has 0 radical (unpaired) electrons. The van der Waals surface area contributed by atoms with Gasteiger partial charge in [0.05, 0.1) is 11.9 Å². The third-order valence-electron chi connectivity index (χ3n) is 2.72. The van der Waals surface area contributed by atoms with Gasteiger partial charge in [0.2, 0.25) is 0 Å². The molecule has 0 aliphatic heterocycles. The quantitative estimate of drug-likeness (QED) is 0.827. The van der Waals surface area contributed by atoms with Crippen molar-refractivity contribution in [3.05, 3.63) is 54.4 Å². The van der Waals surface area contributed by atoms with Crippen LogP contribution in [0.4, 0.5) is 11.4 Å². The zero-order chi connectivity index (χ0) is 11.9. The van der Waals surface area contributed by atoms with Gasteiger partial charge in [0, 0.05) is 11.9 Å². The molecule has 1 N–H and O–H groups in total. The maximum atomic E-state index is 4.08. The standard InChI is InChI=1S/C15H18N2/c1-2-3-5-13-7-9-14(10-8-13)17-15-6-4-11-16-12-15/h4,6-12,17H,2-3,5H2,1H3. The molecule has 0 atom stereocenters. The van der Waals surface area contributed by atoms with Crippen LogP contribution < -0.4 is 5.32 Å². The fourth-order valence-electron chi connectivity index (χ4n) is 1.74. The minimum Gasteiger partial charge on any atom is -0.354 e. The molecule has 0 bridgehead atoms. The van der Waals surface area contributed by atoms with Crippen LogP contribution in [0.3, 0.4) is 0 Å². The average molecular weight is 226 g/mol. The minimum absolute atomic E-state index is 1.02. The highest BCUT2D eigenvalue weighted by atomic mass is 14.9. The Labute approximate surface area is 103 Å². The van der Waals surface area contributed by atoms with Crippen molar-refractivity contribution >= 4 is 11.4 Å². The smallest absolute Gasteiger partial charge is 0.0570 e. The first-order valence-corrected chi connectivity index (χ1v) is 6.14. The van der Waals surface area contributed by atoms with Crippen LogP contribution in [-0.4, -0.2) is 4.98 Å². The summed E-state index contributed by atoms with van der Waals surface area (Å²) in [5.41, 5.74) is 3.54. The number of rotatable bonds is 5. The molecule has 0 aliphatic rings. The number of nitrogens with one attached hydrogen (secondary N) is 1. The highest BCUT2D eigenvalue weighted by Crippen LogP contribution is 2.16. The number of unbranched alkanes of at least 4 members (excludes halogenated alkanes) is 1. The molecule has 2 heteroatoms. The van der Waals surface area contributed by atoms with E-state index < -0.39 is 0 Å².